The first-order valence-corrected chi connectivity index (χ1v) is 12.2. The Morgan fingerprint density at radius 3 is 2.44 bits per heavy atom. The van der Waals surface area contributed by atoms with E-state index in [1.54, 1.807) is 25.1 Å². The number of rotatable bonds is 9. The molecule has 0 aliphatic carbocycles. The number of nitrogens with one attached hydrogen (secondary N) is 2. The van der Waals surface area contributed by atoms with Crippen LogP contribution in [0, 0.1) is 25.6 Å². The Bertz CT molecular complexity index is 1160. The second-order valence-electron chi connectivity index (χ2n) is 8.44. The molecule has 1 atom stereocenters. The molecule has 0 spiro atoms. The summed E-state index contributed by atoms with van der Waals surface area (Å²) in [7, 11) is 0. The van der Waals surface area contributed by atoms with Crippen LogP contribution in [0.25, 0.3) is 0 Å². The van der Waals surface area contributed by atoms with Crippen molar-refractivity contribution in [3.05, 3.63) is 70.8 Å². The lowest BCUT2D eigenvalue weighted by Crippen LogP contribution is -2.33. The molecule has 2 N–H and O–H groups in total. The van der Waals surface area contributed by atoms with Gasteiger partial charge >= 0.3 is 0 Å². The number of carbonyl (C=O) groups is 2. The van der Waals surface area contributed by atoms with Crippen LogP contribution >= 0.6 is 11.8 Å². The van der Waals surface area contributed by atoms with E-state index in [0.29, 0.717) is 28.8 Å². The van der Waals surface area contributed by atoms with E-state index in [0.717, 1.165) is 11.1 Å². The van der Waals surface area contributed by atoms with Gasteiger partial charge in [0.1, 0.15) is 5.82 Å². The lowest BCUT2D eigenvalue weighted by atomic mass is 10.0. The van der Waals surface area contributed by atoms with E-state index in [1.165, 1.54) is 23.9 Å². The zero-order valence-corrected chi connectivity index (χ0v) is 20.9. The molecular formula is C25H30FN5O2S. The smallest absolute Gasteiger partial charge is 0.251 e. The van der Waals surface area contributed by atoms with Gasteiger partial charge in [0.2, 0.25) is 5.91 Å². The molecule has 0 unspecified atom stereocenters. The molecule has 180 valence electrons. The summed E-state index contributed by atoms with van der Waals surface area (Å²) in [5.74, 6) is -0.0440. The van der Waals surface area contributed by atoms with Crippen LogP contribution in [0.15, 0.2) is 47.6 Å². The maximum Gasteiger partial charge on any atom is 0.251 e. The summed E-state index contributed by atoms with van der Waals surface area (Å²) in [5.41, 5.74) is 2.89. The number of thioether (sulfide) groups is 1. The summed E-state index contributed by atoms with van der Waals surface area (Å²) in [6.45, 7) is 10.3. The van der Waals surface area contributed by atoms with Gasteiger partial charge in [0, 0.05) is 17.8 Å². The summed E-state index contributed by atoms with van der Waals surface area (Å²) in [6.07, 6.45) is 0. The zero-order chi connectivity index (χ0) is 24.8. The standard InChI is InChI=1S/C25H30FN5O2S/c1-6-31-23(22(15(2)3)28-24(33)18-10-7-16(4)8-11-18)29-30-25(31)34-14-21(32)27-20-13-19(26)12-9-17(20)5/h7-13,15,22H,6,14H2,1-5H3,(H,27,32)(H,28,33)/t22-/m1/s1. The largest absolute Gasteiger partial charge is 0.342 e. The quantitative estimate of drug-likeness (QED) is 0.422. The third kappa shape index (κ3) is 6.22. The molecule has 0 aliphatic rings. The van der Waals surface area contributed by atoms with Crippen molar-refractivity contribution in [3.63, 3.8) is 0 Å². The van der Waals surface area contributed by atoms with Crippen LogP contribution in [0.4, 0.5) is 10.1 Å². The van der Waals surface area contributed by atoms with Crippen LogP contribution in [0.5, 0.6) is 0 Å². The minimum absolute atomic E-state index is 0.0704. The molecule has 0 saturated carbocycles. The lowest BCUT2D eigenvalue weighted by molar-refractivity contribution is -0.113. The van der Waals surface area contributed by atoms with Crippen molar-refractivity contribution in [2.75, 3.05) is 11.1 Å². The van der Waals surface area contributed by atoms with Gasteiger partial charge in [0.05, 0.1) is 11.8 Å². The van der Waals surface area contributed by atoms with Gasteiger partial charge in [0.15, 0.2) is 11.0 Å². The van der Waals surface area contributed by atoms with Gasteiger partial charge in [-0.25, -0.2) is 4.39 Å². The minimum Gasteiger partial charge on any atom is -0.342 e. The Kier molecular flexibility index (Phi) is 8.44. The number of hydrogen-bond acceptors (Lipinski definition) is 5. The van der Waals surface area contributed by atoms with Gasteiger partial charge in [-0.05, 0) is 56.5 Å². The molecule has 3 rings (SSSR count). The topological polar surface area (TPSA) is 88.9 Å². The molecule has 7 nitrogen and oxygen atoms in total. The van der Waals surface area contributed by atoms with Crippen molar-refractivity contribution in [2.45, 2.75) is 52.4 Å². The minimum atomic E-state index is -0.406. The Morgan fingerprint density at radius 1 is 1.09 bits per heavy atom. The average molecular weight is 484 g/mol. The van der Waals surface area contributed by atoms with E-state index in [1.807, 2.05) is 44.4 Å². The highest BCUT2D eigenvalue weighted by Gasteiger charge is 2.26. The van der Waals surface area contributed by atoms with Crippen molar-refractivity contribution in [2.24, 2.45) is 5.92 Å². The van der Waals surface area contributed by atoms with Crippen LogP contribution in [0.1, 0.15) is 54.1 Å². The van der Waals surface area contributed by atoms with Crippen LogP contribution < -0.4 is 10.6 Å². The second kappa shape index (κ2) is 11.3. The fraction of sp³-hybridized carbons (Fsp3) is 0.360. The third-order valence-corrected chi connectivity index (χ3v) is 6.38. The number of carbonyl (C=O) groups excluding carboxylic acids is 2. The second-order valence-corrected chi connectivity index (χ2v) is 9.38. The molecule has 0 fully saturated rings. The summed E-state index contributed by atoms with van der Waals surface area (Å²) in [6, 6.07) is 11.3. The number of anilines is 1. The molecule has 34 heavy (non-hydrogen) atoms. The summed E-state index contributed by atoms with van der Waals surface area (Å²) >= 11 is 1.25. The van der Waals surface area contributed by atoms with Gasteiger partial charge in [-0.1, -0.05) is 49.4 Å². The first-order chi connectivity index (χ1) is 16.2. The maximum absolute atomic E-state index is 13.5. The predicted octanol–water partition coefficient (Wildman–Crippen LogP) is 4.91. The lowest BCUT2D eigenvalue weighted by Gasteiger charge is -2.22. The maximum atomic E-state index is 13.5. The van der Waals surface area contributed by atoms with Crippen LogP contribution in [-0.2, 0) is 11.3 Å². The highest BCUT2D eigenvalue weighted by Crippen LogP contribution is 2.26. The van der Waals surface area contributed by atoms with Gasteiger partial charge < -0.3 is 15.2 Å². The number of benzene rings is 2. The van der Waals surface area contributed by atoms with Crippen molar-refractivity contribution in [1.29, 1.82) is 0 Å². The molecule has 0 radical (unpaired) electrons. The highest BCUT2D eigenvalue weighted by molar-refractivity contribution is 7.99. The summed E-state index contributed by atoms with van der Waals surface area (Å²) in [4.78, 5) is 25.3. The number of aryl methyl sites for hydroxylation is 2. The van der Waals surface area contributed by atoms with Crippen molar-refractivity contribution in [3.8, 4) is 0 Å². The van der Waals surface area contributed by atoms with E-state index in [9.17, 15) is 14.0 Å². The molecule has 2 amide bonds. The van der Waals surface area contributed by atoms with E-state index < -0.39 is 5.82 Å². The normalized spacial score (nSPS) is 12.0. The van der Waals surface area contributed by atoms with E-state index in [-0.39, 0.29) is 29.5 Å². The van der Waals surface area contributed by atoms with Crippen LogP contribution in [-0.4, -0.2) is 32.3 Å². The SMILES string of the molecule is CCn1c(SCC(=O)Nc2cc(F)ccc2C)nnc1[C@H](NC(=O)c1ccc(C)cc1)C(C)C. The molecule has 1 aromatic heterocycles. The Morgan fingerprint density at radius 2 is 1.79 bits per heavy atom. The molecule has 2 aromatic carbocycles. The Hall–Kier alpha value is -3.20. The number of aromatic nitrogens is 3. The fourth-order valence-electron chi connectivity index (χ4n) is 3.44. The van der Waals surface area contributed by atoms with E-state index >= 15 is 0 Å². The van der Waals surface area contributed by atoms with Crippen LogP contribution in [0.3, 0.4) is 0 Å². The molecule has 0 saturated heterocycles. The number of halogens is 1. The van der Waals surface area contributed by atoms with Crippen LogP contribution in [0.2, 0.25) is 0 Å². The number of hydrogen-bond donors (Lipinski definition) is 2. The van der Waals surface area contributed by atoms with Crippen molar-refractivity contribution < 1.29 is 14.0 Å². The fourth-order valence-corrected chi connectivity index (χ4v) is 4.25. The first-order valence-electron chi connectivity index (χ1n) is 11.2. The molecular weight excluding hydrogens is 453 g/mol. The van der Waals surface area contributed by atoms with E-state index in [2.05, 4.69) is 20.8 Å². The van der Waals surface area contributed by atoms with Gasteiger partial charge in [-0.2, -0.15) is 0 Å². The monoisotopic (exact) mass is 483 g/mol. The van der Waals surface area contributed by atoms with Gasteiger partial charge in [0.25, 0.3) is 5.91 Å². The molecule has 0 bridgehead atoms. The molecule has 3 aromatic rings. The zero-order valence-electron chi connectivity index (χ0n) is 20.1. The average Bonchev–Trinajstić information content (AvgIpc) is 3.21. The Balaban J connectivity index is 1.72. The van der Waals surface area contributed by atoms with Crippen molar-refractivity contribution >= 4 is 29.3 Å². The first kappa shape index (κ1) is 25.4. The third-order valence-electron chi connectivity index (χ3n) is 5.41. The highest BCUT2D eigenvalue weighted by atomic mass is 32.2. The molecule has 1 heterocycles. The predicted molar refractivity (Wildman–Crippen MR) is 132 cm³/mol. The molecule has 9 heteroatoms. The number of nitrogens with zero attached hydrogens (tertiary/aromatic N) is 3. The molecule has 0 aliphatic heterocycles. The van der Waals surface area contributed by atoms with Crippen molar-refractivity contribution in [1.82, 2.24) is 20.1 Å². The van der Waals surface area contributed by atoms with Gasteiger partial charge in [-0.3, -0.25) is 9.59 Å². The number of amides is 2. The Labute approximate surface area is 203 Å². The summed E-state index contributed by atoms with van der Waals surface area (Å²) < 4.78 is 15.4. The summed E-state index contributed by atoms with van der Waals surface area (Å²) in [5, 5.41) is 15.0. The van der Waals surface area contributed by atoms with Gasteiger partial charge in [-0.15, -0.1) is 10.2 Å². The van der Waals surface area contributed by atoms with E-state index in [4.69, 9.17) is 0 Å².